The molecule has 6 heavy (non-hydrogen) atoms. The molecule has 3 nitrogen and oxygen atoms in total. The second-order valence-electron chi connectivity index (χ2n) is 0.861. The lowest BCUT2D eigenvalue weighted by Crippen LogP contribution is -2.07. The van der Waals surface area contributed by atoms with Gasteiger partial charge in [0, 0.05) is 5.87 Å². The van der Waals surface area contributed by atoms with Crippen LogP contribution in [0.5, 0.6) is 0 Å². The van der Waals surface area contributed by atoms with Crippen LogP contribution >= 0.6 is 0 Å². The zero-order valence-electron chi connectivity index (χ0n) is 2.93. The quantitative estimate of drug-likeness (QED) is 0.410. The fourth-order valence-corrected chi connectivity index (χ4v) is 0.211. The number of nitrogens with one attached hydrogen (secondary N) is 1. The largest absolute Gasteiger partial charge is 0.274 e. The van der Waals surface area contributed by atoms with E-state index in [2.05, 4.69) is 16.4 Å². The molecule has 0 spiro atoms. The summed E-state index contributed by atoms with van der Waals surface area (Å²) in [5, 5.41) is 3.26. The summed E-state index contributed by atoms with van der Waals surface area (Å²) in [6, 6.07) is 0. The van der Waals surface area contributed by atoms with Gasteiger partial charge in [0.05, 0.1) is 6.08 Å². The molecule has 1 aliphatic heterocycles. The number of amides is 1. The molecular formula is C3H2N2O. The molecule has 0 bridgehead atoms. The van der Waals surface area contributed by atoms with E-state index in [0.717, 1.165) is 0 Å². The molecule has 0 saturated carbocycles. The summed E-state index contributed by atoms with van der Waals surface area (Å²) in [7, 11) is 0. The van der Waals surface area contributed by atoms with Crippen LogP contribution in [0, 0.1) is 0 Å². The Balaban J connectivity index is 2.79. The van der Waals surface area contributed by atoms with Crippen molar-refractivity contribution < 1.29 is 4.79 Å². The minimum atomic E-state index is -0.199. The topological polar surface area (TPSA) is 41.5 Å². The maximum absolute atomic E-state index is 9.92. The molecule has 0 saturated heterocycles. The van der Waals surface area contributed by atoms with Crippen molar-refractivity contribution in [3.05, 3.63) is 6.08 Å². The number of nitrogens with zero attached hydrogens (tertiary/aromatic N) is 1. The highest BCUT2D eigenvalue weighted by Crippen LogP contribution is 1.69. The molecule has 0 aromatic heterocycles. The molecule has 0 atom stereocenters. The molecule has 1 amide bonds. The molecule has 0 radical (unpaired) electrons. The normalized spacial score (nSPS) is 15.7. The van der Waals surface area contributed by atoms with E-state index in [0.29, 0.717) is 0 Å². The van der Waals surface area contributed by atoms with Crippen LogP contribution < -0.4 is 5.43 Å². The van der Waals surface area contributed by atoms with Crippen molar-refractivity contribution in [2.24, 2.45) is 5.10 Å². The second-order valence-corrected chi connectivity index (χ2v) is 0.861. The molecule has 1 rings (SSSR count). The van der Waals surface area contributed by atoms with Gasteiger partial charge in [-0.2, -0.15) is 0 Å². The first kappa shape index (κ1) is 3.12. The van der Waals surface area contributed by atoms with E-state index in [1.807, 2.05) is 0 Å². The van der Waals surface area contributed by atoms with Crippen LogP contribution in [0.15, 0.2) is 11.2 Å². The van der Waals surface area contributed by atoms with Crippen molar-refractivity contribution in [1.82, 2.24) is 5.43 Å². The van der Waals surface area contributed by atoms with Crippen molar-refractivity contribution >= 4 is 11.8 Å². The van der Waals surface area contributed by atoms with Gasteiger partial charge in [-0.15, -0.1) is 5.10 Å². The first-order chi connectivity index (χ1) is 2.89. The molecule has 1 aliphatic rings. The van der Waals surface area contributed by atoms with Crippen LogP contribution in [0.1, 0.15) is 0 Å². The lowest BCUT2D eigenvalue weighted by atomic mass is 10.6. The first-order valence-corrected chi connectivity index (χ1v) is 1.48. The van der Waals surface area contributed by atoms with Crippen molar-refractivity contribution in [1.29, 1.82) is 0 Å². The maximum atomic E-state index is 9.92. The van der Waals surface area contributed by atoms with E-state index in [1.54, 1.807) is 0 Å². The van der Waals surface area contributed by atoms with Gasteiger partial charge in [0.25, 0.3) is 5.91 Å². The molecular weight excluding hydrogens is 80.0 g/mol. The highest BCUT2D eigenvalue weighted by Gasteiger charge is 1.92. The SMILES string of the molecule is O=C1C=C=NN1. The summed E-state index contributed by atoms with van der Waals surface area (Å²) in [5.41, 5.74) is 2.14. The van der Waals surface area contributed by atoms with Gasteiger partial charge in [0.2, 0.25) is 0 Å². The fraction of sp³-hybridized carbons (Fsp3) is 0. The zero-order chi connectivity index (χ0) is 4.41. The fourth-order valence-electron chi connectivity index (χ4n) is 0.211. The predicted molar refractivity (Wildman–Crippen MR) is 20.1 cm³/mol. The summed E-state index contributed by atoms with van der Waals surface area (Å²) < 4.78 is 0. The van der Waals surface area contributed by atoms with E-state index in [4.69, 9.17) is 0 Å². The van der Waals surface area contributed by atoms with Crippen molar-refractivity contribution in [3.8, 4) is 0 Å². The van der Waals surface area contributed by atoms with Gasteiger partial charge >= 0.3 is 0 Å². The van der Waals surface area contributed by atoms with Crippen LogP contribution in [0.3, 0.4) is 0 Å². The van der Waals surface area contributed by atoms with E-state index in [-0.39, 0.29) is 5.91 Å². The van der Waals surface area contributed by atoms with Crippen LogP contribution in [0.25, 0.3) is 0 Å². The zero-order valence-corrected chi connectivity index (χ0v) is 2.93. The van der Waals surface area contributed by atoms with Crippen molar-refractivity contribution in [2.45, 2.75) is 0 Å². The van der Waals surface area contributed by atoms with Gasteiger partial charge in [0.15, 0.2) is 0 Å². The van der Waals surface area contributed by atoms with Gasteiger partial charge in [-0.3, -0.25) is 4.79 Å². The predicted octanol–water partition coefficient (Wildman–Crippen LogP) is -0.743. The molecule has 3 heteroatoms. The Morgan fingerprint density at radius 3 is 3.00 bits per heavy atom. The highest BCUT2D eigenvalue weighted by molar-refractivity contribution is 5.98. The number of rotatable bonds is 0. The molecule has 0 aliphatic carbocycles. The molecule has 0 aromatic rings. The number of carbonyl (C=O) groups excluding carboxylic acids is 1. The Hall–Kier alpha value is -1.08. The third-order valence-electron chi connectivity index (χ3n) is 0.426. The lowest BCUT2D eigenvalue weighted by Gasteiger charge is -1.74. The molecule has 0 fully saturated rings. The number of hydrogen-bond acceptors (Lipinski definition) is 2. The van der Waals surface area contributed by atoms with E-state index >= 15 is 0 Å². The van der Waals surface area contributed by atoms with Gasteiger partial charge in [-0.25, -0.2) is 5.43 Å². The molecule has 30 valence electrons. The number of hydrazone groups is 1. The smallest absolute Gasteiger partial charge is 0.267 e. The summed E-state index contributed by atoms with van der Waals surface area (Å²) in [6.45, 7) is 0. The van der Waals surface area contributed by atoms with E-state index < -0.39 is 0 Å². The Labute approximate surface area is 34.4 Å². The Kier molecular flexibility index (Phi) is 0.496. The third kappa shape index (κ3) is 0.307. The Morgan fingerprint density at radius 2 is 2.83 bits per heavy atom. The second kappa shape index (κ2) is 0.954. The first-order valence-electron chi connectivity index (χ1n) is 1.48. The number of carbonyl (C=O) groups is 1. The summed E-state index contributed by atoms with van der Waals surface area (Å²) >= 11 is 0. The standard InChI is InChI=1S/C3H2N2O/c6-3-1-2-4-5-3/h1H,(H,5,6). The minimum Gasteiger partial charge on any atom is -0.267 e. The average Bonchev–Trinajstić information content (AvgIpc) is 1.86. The third-order valence-corrected chi connectivity index (χ3v) is 0.426. The van der Waals surface area contributed by atoms with Gasteiger partial charge in [-0.05, 0) is 0 Å². The van der Waals surface area contributed by atoms with Gasteiger partial charge in [-0.1, -0.05) is 0 Å². The molecule has 1 heterocycles. The molecule has 0 aromatic carbocycles. The lowest BCUT2D eigenvalue weighted by molar-refractivity contribution is -0.116. The van der Waals surface area contributed by atoms with Gasteiger partial charge in [0.1, 0.15) is 0 Å². The van der Waals surface area contributed by atoms with Crippen LogP contribution in [0.2, 0.25) is 0 Å². The van der Waals surface area contributed by atoms with Crippen molar-refractivity contribution in [3.63, 3.8) is 0 Å². The van der Waals surface area contributed by atoms with Crippen LogP contribution in [-0.4, -0.2) is 11.8 Å². The highest BCUT2D eigenvalue weighted by atomic mass is 16.2. The number of hydrogen-bond donors (Lipinski definition) is 1. The van der Waals surface area contributed by atoms with Gasteiger partial charge < -0.3 is 0 Å². The summed E-state index contributed by atoms with van der Waals surface area (Å²) in [4.78, 5) is 9.92. The van der Waals surface area contributed by atoms with Crippen LogP contribution in [-0.2, 0) is 4.79 Å². The Morgan fingerprint density at radius 1 is 2.00 bits per heavy atom. The monoisotopic (exact) mass is 82.0 g/mol. The maximum Gasteiger partial charge on any atom is 0.274 e. The Bertz CT molecular complexity index is 132. The van der Waals surface area contributed by atoms with E-state index in [1.165, 1.54) is 6.08 Å². The summed E-state index contributed by atoms with van der Waals surface area (Å²) in [5.74, 6) is 2.11. The molecule has 0 unspecified atom stereocenters. The average molecular weight is 82.1 g/mol. The summed E-state index contributed by atoms with van der Waals surface area (Å²) in [6.07, 6.45) is 1.24. The minimum absolute atomic E-state index is 0.199. The van der Waals surface area contributed by atoms with Crippen molar-refractivity contribution in [2.75, 3.05) is 0 Å². The van der Waals surface area contributed by atoms with Crippen LogP contribution in [0.4, 0.5) is 0 Å². The molecule has 1 N–H and O–H groups in total. The van der Waals surface area contributed by atoms with E-state index in [9.17, 15) is 4.79 Å².